The van der Waals surface area contributed by atoms with Crippen LogP contribution in [0.3, 0.4) is 0 Å². The van der Waals surface area contributed by atoms with Crippen molar-refractivity contribution < 1.29 is 48.3 Å². The predicted octanol–water partition coefficient (Wildman–Crippen LogP) is 0.498. The number of hydrogen-bond acceptors (Lipinski definition) is 13. The fourth-order valence-electron chi connectivity index (χ4n) is 8.52. The van der Waals surface area contributed by atoms with Crippen LogP contribution >= 0.6 is 0 Å². The van der Waals surface area contributed by atoms with Gasteiger partial charge in [0, 0.05) is 81.0 Å². The van der Waals surface area contributed by atoms with Crippen molar-refractivity contribution in [3.05, 3.63) is 70.6 Å². The van der Waals surface area contributed by atoms with Crippen LogP contribution in [0.1, 0.15) is 101 Å². The van der Waals surface area contributed by atoms with Crippen LogP contribution in [0, 0.1) is 0 Å². The Balaban J connectivity index is 1.02. The quantitative estimate of drug-likeness (QED) is 0.0627. The molecule has 1 saturated carbocycles. The van der Waals surface area contributed by atoms with Crippen molar-refractivity contribution >= 4 is 76.5 Å². The number of aromatic nitrogens is 1. The van der Waals surface area contributed by atoms with E-state index in [1.165, 1.54) is 30.9 Å². The number of pyridine rings is 1. The maximum atomic E-state index is 14.0. The van der Waals surface area contributed by atoms with Gasteiger partial charge in [0.15, 0.2) is 0 Å². The van der Waals surface area contributed by atoms with Gasteiger partial charge < -0.3 is 47.6 Å². The van der Waals surface area contributed by atoms with Crippen molar-refractivity contribution in [1.82, 2.24) is 35.6 Å². The van der Waals surface area contributed by atoms with Gasteiger partial charge in [-0.1, -0.05) is 25.5 Å². The number of rotatable bonds is 22. The average molecular weight is 952 g/mol. The largest absolute Gasteiger partial charge is 0.395 e. The van der Waals surface area contributed by atoms with Gasteiger partial charge in [-0.2, -0.15) is 0 Å². The number of nitrogens with two attached hydrogens (primary N) is 2. The summed E-state index contributed by atoms with van der Waals surface area (Å²) >= 11 is 0. The number of nitrogens with one attached hydrogen (secondary N) is 4. The molecule has 1 aromatic carbocycles. The van der Waals surface area contributed by atoms with Crippen molar-refractivity contribution in [3.8, 4) is 0 Å². The molecule has 2 aromatic rings. The van der Waals surface area contributed by atoms with Crippen LogP contribution in [0.5, 0.6) is 0 Å². The Kier molecular flexibility index (Phi) is 16.8. The number of primary amides is 1. The Hall–Kier alpha value is -7.29. The van der Waals surface area contributed by atoms with Crippen LogP contribution in [0.25, 0.3) is 6.08 Å². The molecule has 368 valence electrons. The molecule has 1 aromatic heterocycles. The topological polar surface area (TPSA) is 309 Å². The molecule has 69 heavy (non-hydrogen) atoms. The van der Waals surface area contributed by atoms with E-state index in [0.717, 1.165) is 16.9 Å². The van der Waals surface area contributed by atoms with Crippen LogP contribution in [-0.2, 0) is 61.5 Å². The van der Waals surface area contributed by atoms with Gasteiger partial charge in [-0.15, -0.1) is 0 Å². The highest BCUT2D eigenvalue weighted by Crippen LogP contribution is 2.50. The lowest BCUT2D eigenvalue weighted by molar-refractivity contribution is -0.139. The fraction of sp³-hybridized carbons (Fsp3) is 0.479. The number of carbonyl (C=O) groups excluding carboxylic acids is 9. The van der Waals surface area contributed by atoms with Crippen molar-refractivity contribution in [2.75, 3.05) is 38.1 Å². The molecule has 3 aliphatic heterocycles. The molecule has 1 fully saturated rings. The van der Waals surface area contributed by atoms with E-state index in [1.54, 1.807) is 23.2 Å². The number of amides is 9. The van der Waals surface area contributed by atoms with Crippen LogP contribution in [0.2, 0.25) is 0 Å². The van der Waals surface area contributed by atoms with Crippen LogP contribution in [-0.4, -0.2) is 135 Å². The first-order valence-electron chi connectivity index (χ1n) is 23.3. The maximum absolute atomic E-state index is 14.0. The molecule has 9 N–H and O–H groups in total. The molecule has 6 rings (SSSR count). The van der Waals surface area contributed by atoms with Gasteiger partial charge in [0.05, 0.1) is 36.0 Å². The number of aliphatic hydroxyl groups excluding tert-OH is 1. The summed E-state index contributed by atoms with van der Waals surface area (Å²) in [6, 6.07) is 3.68. The second-order valence-electron chi connectivity index (χ2n) is 17.8. The van der Waals surface area contributed by atoms with Crippen molar-refractivity contribution in [2.24, 2.45) is 16.5 Å². The Morgan fingerprint density at radius 1 is 0.928 bits per heavy atom. The van der Waals surface area contributed by atoms with E-state index in [1.807, 2.05) is 25.1 Å². The lowest BCUT2D eigenvalue weighted by Gasteiger charge is -2.32. The first-order valence-corrected chi connectivity index (χ1v) is 23.3. The SMILES string of the molecule is CCCN(CCO)C(=O)C1=Cc2ccc(C3(C(=O)Nc4cnc5c(c4)CN(C(=O)[C@H](CC(N)=O)NC(=O)[C@H](C)NC(=O)[C@H](C)NC(=O)CCCCCN4C(=O)C=CC4=O)CC5)CC3)cc2N=C(N)C1. The molecule has 4 aliphatic rings. The third-order valence-electron chi connectivity index (χ3n) is 12.5. The third-order valence-corrected chi connectivity index (χ3v) is 12.5. The number of aliphatic hydroxyl groups is 1. The van der Waals surface area contributed by atoms with E-state index in [0.29, 0.717) is 78.8 Å². The summed E-state index contributed by atoms with van der Waals surface area (Å²) in [5, 5.41) is 20.1. The zero-order chi connectivity index (χ0) is 50.0. The highest BCUT2D eigenvalue weighted by Gasteiger charge is 2.51. The molecule has 3 atom stereocenters. The van der Waals surface area contributed by atoms with E-state index < -0.39 is 59.5 Å². The summed E-state index contributed by atoms with van der Waals surface area (Å²) in [5.41, 5.74) is 15.1. The molecule has 0 bridgehead atoms. The number of carbonyl (C=O) groups is 9. The average Bonchev–Trinajstić information content (AvgIpc) is 4.09. The number of imide groups is 1. The van der Waals surface area contributed by atoms with Gasteiger partial charge in [0.1, 0.15) is 24.0 Å². The van der Waals surface area contributed by atoms with Crippen molar-refractivity contribution in [3.63, 3.8) is 0 Å². The molecule has 0 saturated heterocycles. The summed E-state index contributed by atoms with van der Waals surface area (Å²) in [6.45, 7) is 5.83. The van der Waals surface area contributed by atoms with Gasteiger partial charge >= 0.3 is 0 Å². The maximum Gasteiger partial charge on any atom is 0.253 e. The van der Waals surface area contributed by atoms with Crippen molar-refractivity contribution in [2.45, 2.75) is 115 Å². The zero-order valence-corrected chi connectivity index (χ0v) is 39.2. The number of nitrogens with zero attached hydrogens (tertiary/aromatic N) is 5. The first kappa shape index (κ1) is 51.1. The molecule has 1 aliphatic carbocycles. The molecule has 21 heteroatoms. The smallest absolute Gasteiger partial charge is 0.253 e. The Bertz CT molecular complexity index is 2460. The van der Waals surface area contributed by atoms with Crippen LogP contribution < -0.4 is 32.7 Å². The number of aliphatic imine (C=N–C) groups is 1. The summed E-state index contributed by atoms with van der Waals surface area (Å²) < 4.78 is 0. The highest BCUT2D eigenvalue weighted by molar-refractivity contribution is 6.13. The normalized spacial score (nSPS) is 16.9. The lowest BCUT2D eigenvalue weighted by atomic mass is 9.92. The second-order valence-corrected chi connectivity index (χ2v) is 17.8. The molecule has 4 heterocycles. The molecule has 0 spiro atoms. The minimum absolute atomic E-state index is 0.0540. The third kappa shape index (κ3) is 12.8. The molecule has 0 radical (unpaired) electrons. The van der Waals surface area contributed by atoms with E-state index >= 15 is 0 Å². The van der Waals surface area contributed by atoms with E-state index in [4.69, 9.17) is 11.5 Å². The Labute approximate surface area is 399 Å². The predicted molar refractivity (Wildman–Crippen MR) is 252 cm³/mol. The van der Waals surface area contributed by atoms with E-state index in [2.05, 4.69) is 31.2 Å². The number of hydrogen-bond donors (Lipinski definition) is 7. The fourth-order valence-corrected chi connectivity index (χ4v) is 8.52. The summed E-state index contributed by atoms with van der Waals surface area (Å²) in [4.78, 5) is 129. The lowest BCUT2D eigenvalue weighted by Crippen LogP contribution is -2.56. The number of fused-ring (bicyclic) bond motifs is 2. The molecule has 0 unspecified atom stereocenters. The number of unbranched alkanes of at least 4 members (excludes halogenated alkanes) is 2. The minimum atomic E-state index is -1.36. The monoisotopic (exact) mass is 951 g/mol. The van der Waals surface area contributed by atoms with Gasteiger partial charge in [0.25, 0.3) is 11.8 Å². The van der Waals surface area contributed by atoms with Crippen LogP contribution in [0.4, 0.5) is 11.4 Å². The first-order chi connectivity index (χ1) is 32.9. The Morgan fingerprint density at radius 2 is 1.64 bits per heavy atom. The summed E-state index contributed by atoms with van der Waals surface area (Å²) in [5.74, 6) is -4.23. The molecule has 21 nitrogen and oxygen atoms in total. The van der Waals surface area contributed by atoms with Gasteiger partial charge in [-0.25, -0.2) is 4.99 Å². The molecular weight excluding hydrogens is 891 g/mol. The van der Waals surface area contributed by atoms with E-state index in [-0.39, 0.29) is 75.1 Å². The standard InChI is InChI=1S/C48H61N11O10/c1-4-16-57(19-20-60)45(67)31-21-30-9-10-33(24-36(30)55-38(49)23-31)48(14-15-48)47(69)54-34-22-32-27-58(18-13-35(32)51-26-34)46(68)37(25-39(50)61)56-44(66)29(3)53-43(65)28(2)52-40(62)8-6-5-7-17-59-41(63)11-12-42(59)64/h9-12,21-22,24,26,28-29,37,60H,4-8,13-20,23,25,27H2,1-3H3,(H2,49,55)(H2,50,61)(H,52,62)(H,53,65)(H,54,69)(H,56,66)/t28-,29-,37-/m0/s1. The molecule has 9 amide bonds. The number of benzene rings is 1. The number of amidine groups is 1. The van der Waals surface area contributed by atoms with Crippen LogP contribution in [0.15, 0.2) is 53.2 Å². The highest BCUT2D eigenvalue weighted by atomic mass is 16.3. The second kappa shape index (κ2) is 22.7. The minimum Gasteiger partial charge on any atom is -0.395 e. The van der Waals surface area contributed by atoms with E-state index in [9.17, 15) is 48.3 Å². The van der Waals surface area contributed by atoms with Gasteiger partial charge in [-0.05, 0) is 75.3 Å². The van der Waals surface area contributed by atoms with Gasteiger partial charge in [-0.3, -0.25) is 53.0 Å². The zero-order valence-electron chi connectivity index (χ0n) is 39.2. The van der Waals surface area contributed by atoms with Gasteiger partial charge in [0.2, 0.25) is 41.4 Å². The summed E-state index contributed by atoms with van der Waals surface area (Å²) in [7, 11) is 0. The number of anilines is 1. The summed E-state index contributed by atoms with van der Waals surface area (Å²) in [6.07, 6.45) is 9.22. The Morgan fingerprint density at radius 3 is 2.32 bits per heavy atom. The molecular formula is C48H61N11O10. The van der Waals surface area contributed by atoms with Crippen molar-refractivity contribution in [1.29, 1.82) is 0 Å².